The zero-order valence-electron chi connectivity index (χ0n) is 24.9. The maximum atomic E-state index is 13.5. The molecule has 11 heteroatoms. The summed E-state index contributed by atoms with van der Waals surface area (Å²) in [6.07, 6.45) is 10.1. The Kier molecular flexibility index (Phi) is 10.1. The molecule has 2 saturated carbocycles. The van der Waals surface area contributed by atoms with E-state index >= 15 is 0 Å². The van der Waals surface area contributed by atoms with E-state index in [2.05, 4.69) is 43.1 Å². The Labute approximate surface area is 244 Å². The van der Waals surface area contributed by atoms with Crippen molar-refractivity contribution in [3.63, 3.8) is 0 Å². The molecule has 0 aromatic rings. The van der Waals surface area contributed by atoms with Crippen LogP contribution < -0.4 is 21.4 Å². The van der Waals surface area contributed by atoms with E-state index in [4.69, 9.17) is 4.74 Å². The molecule has 41 heavy (non-hydrogen) atoms. The summed E-state index contributed by atoms with van der Waals surface area (Å²) in [6, 6.07) is 0.870. The first-order valence-corrected chi connectivity index (χ1v) is 16.6. The molecule has 6 fully saturated rings. The fourth-order valence-electron chi connectivity index (χ4n) is 8.89. The summed E-state index contributed by atoms with van der Waals surface area (Å²) in [5, 5.41) is 13.8. The van der Waals surface area contributed by atoms with Crippen LogP contribution >= 0.6 is 0 Å². The molecule has 6 unspecified atom stereocenters. The highest BCUT2D eigenvalue weighted by atomic mass is 19.3. The molecule has 4 heterocycles. The molecule has 9 nitrogen and oxygen atoms in total. The molecule has 6 aliphatic rings. The van der Waals surface area contributed by atoms with Gasteiger partial charge in [0, 0.05) is 70.4 Å². The van der Waals surface area contributed by atoms with Gasteiger partial charge in [-0.3, -0.25) is 31.1 Å². The van der Waals surface area contributed by atoms with Crippen molar-refractivity contribution >= 4 is 5.91 Å². The summed E-state index contributed by atoms with van der Waals surface area (Å²) < 4.78 is 30.1. The average molecular weight is 582 g/mol. The summed E-state index contributed by atoms with van der Waals surface area (Å²) in [6.45, 7) is 7.74. The minimum atomic E-state index is -2.66. The second kappa shape index (κ2) is 13.8. The largest absolute Gasteiger partial charge is 0.345 e. The highest BCUT2D eigenvalue weighted by Gasteiger charge is 2.45. The van der Waals surface area contributed by atoms with Gasteiger partial charge < -0.3 is 9.64 Å². The first kappa shape index (κ1) is 30.1. The number of halogens is 2. The molecular formula is C30H53F2N7O2. The van der Waals surface area contributed by atoms with Crippen LogP contribution in [0.5, 0.6) is 0 Å². The molecular weight excluding hydrogens is 528 g/mol. The van der Waals surface area contributed by atoms with Crippen LogP contribution in [0.2, 0.25) is 0 Å². The Hall–Kier alpha value is -0.950. The molecule has 4 saturated heterocycles. The van der Waals surface area contributed by atoms with E-state index < -0.39 is 6.61 Å². The van der Waals surface area contributed by atoms with Crippen LogP contribution in [-0.2, 0) is 9.53 Å². The van der Waals surface area contributed by atoms with Crippen LogP contribution in [0.25, 0.3) is 0 Å². The van der Waals surface area contributed by atoms with E-state index in [0.717, 1.165) is 110 Å². The van der Waals surface area contributed by atoms with Gasteiger partial charge >= 0.3 is 6.61 Å². The van der Waals surface area contributed by atoms with Crippen LogP contribution in [0.3, 0.4) is 0 Å². The number of nitrogens with one attached hydrogen (secondary N) is 4. The molecule has 0 bridgehead atoms. The molecule has 234 valence electrons. The van der Waals surface area contributed by atoms with E-state index in [1.807, 2.05) is 0 Å². The Bertz CT molecular complexity index is 849. The number of amides is 1. The van der Waals surface area contributed by atoms with Crippen molar-refractivity contribution in [1.82, 2.24) is 36.2 Å². The number of nitrogens with zero attached hydrogens (tertiary/aromatic N) is 3. The molecule has 4 aliphatic heterocycles. The lowest BCUT2D eigenvalue weighted by atomic mass is 9.76. The van der Waals surface area contributed by atoms with Gasteiger partial charge in [0.25, 0.3) is 0 Å². The van der Waals surface area contributed by atoms with Crippen LogP contribution in [0.4, 0.5) is 8.78 Å². The summed E-state index contributed by atoms with van der Waals surface area (Å²) in [4.78, 5) is 18.3. The molecule has 1 amide bonds. The van der Waals surface area contributed by atoms with Crippen LogP contribution in [-0.4, -0.2) is 110 Å². The predicted octanol–water partition coefficient (Wildman–Crippen LogP) is 2.16. The number of likely N-dealkylation sites (tertiary alicyclic amines) is 1. The third kappa shape index (κ3) is 7.24. The number of carbonyl (C=O) groups excluding carboxylic acids is 1. The Morgan fingerprint density at radius 3 is 2.49 bits per heavy atom. The number of hydrazine groups is 1. The number of alkyl halides is 2. The fraction of sp³-hybridized carbons (Fsp3) is 0.967. The van der Waals surface area contributed by atoms with Gasteiger partial charge in [0.15, 0.2) is 0 Å². The molecule has 2 aliphatic carbocycles. The van der Waals surface area contributed by atoms with E-state index in [0.29, 0.717) is 35.7 Å². The zero-order chi connectivity index (χ0) is 28.3. The lowest BCUT2D eigenvalue weighted by Crippen LogP contribution is -2.67. The Morgan fingerprint density at radius 2 is 1.78 bits per heavy atom. The number of hydrogen-bond acceptors (Lipinski definition) is 8. The maximum Gasteiger partial charge on any atom is 0.345 e. The monoisotopic (exact) mass is 581 g/mol. The summed E-state index contributed by atoms with van der Waals surface area (Å²) >= 11 is 0. The molecule has 0 spiro atoms. The number of piperazine rings is 1. The predicted molar refractivity (Wildman–Crippen MR) is 154 cm³/mol. The number of carbonyl (C=O) groups is 1. The first-order valence-electron chi connectivity index (χ1n) is 16.6. The molecule has 0 aromatic carbocycles. The SMILES string of the molecule is CC1CC(NC2NCCN3C(C4CCC(OC(F)F)CC4)CNC23)CCC1C(=O)N1CCC(CN2CCCN2)CC1. The van der Waals surface area contributed by atoms with Gasteiger partial charge in [-0.25, -0.2) is 5.01 Å². The second-order valence-electron chi connectivity index (χ2n) is 13.8. The number of hydrogen-bond donors (Lipinski definition) is 4. The quantitative estimate of drug-likeness (QED) is 0.347. The summed E-state index contributed by atoms with van der Waals surface area (Å²) in [5.74, 6) is 2.16. The van der Waals surface area contributed by atoms with E-state index in [1.54, 1.807) is 0 Å². The van der Waals surface area contributed by atoms with Crippen molar-refractivity contribution in [1.29, 1.82) is 0 Å². The van der Waals surface area contributed by atoms with Gasteiger partial charge in [-0.2, -0.15) is 8.78 Å². The van der Waals surface area contributed by atoms with Gasteiger partial charge in [0.2, 0.25) is 5.91 Å². The number of ether oxygens (including phenoxy) is 1. The van der Waals surface area contributed by atoms with Crippen molar-refractivity contribution in [3.05, 3.63) is 0 Å². The lowest BCUT2D eigenvalue weighted by Gasteiger charge is -2.45. The molecule has 4 N–H and O–H groups in total. The smallest absolute Gasteiger partial charge is 0.342 e. The number of piperidine rings is 1. The third-order valence-corrected chi connectivity index (χ3v) is 11.2. The lowest BCUT2D eigenvalue weighted by molar-refractivity contribution is -0.172. The van der Waals surface area contributed by atoms with Crippen LogP contribution in [0.15, 0.2) is 0 Å². The average Bonchev–Trinajstić information content (AvgIpc) is 3.64. The first-order chi connectivity index (χ1) is 19.9. The Balaban J connectivity index is 0.944. The number of rotatable bonds is 8. The summed E-state index contributed by atoms with van der Waals surface area (Å²) in [5.41, 5.74) is 3.48. The van der Waals surface area contributed by atoms with Crippen molar-refractivity contribution in [2.75, 3.05) is 52.4 Å². The van der Waals surface area contributed by atoms with Gasteiger partial charge in [0.1, 0.15) is 0 Å². The zero-order valence-corrected chi connectivity index (χ0v) is 24.9. The fourth-order valence-corrected chi connectivity index (χ4v) is 8.89. The molecule has 0 radical (unpaired) electrons. The van der Waals surface area contributed by atoms with E-state index in [1.165, 1.54) is 6.42 Å². The summed E-state index contributed by atoms with van der Waals surface area (Å²) in [7, 11) is 0. The van der Waals surface area contributed by atoms with E-state index in [-0.39, 0.29) is 24.4 Å². The molecule has 6 atom stereocenters. The maximum absolute atomic E-state index is 13.5. The Morgan fingerprint density at radius 1 is 0.976 bits per heavy atom. The van der Waals surface area contributed by atoms with Crippen molar-refractivity contribution < 1.29 is 18.3 Å². The second-order valence-corrected chi connectivity index (χ2v) is 13.8. The third-order valence-electron chi connectivity index (χ3n) is 11.2. The normalized spacial score (nSPS) is 39.9. The number of fused-ring (bicyclic) bond motifs is 1. The minimum Gasteiger partial charge on any atom is -0.342 e. The van der Waals surface area contributed by atoms with Crippen LogP contribution in [0, 0.1) is 23.7 Å². The highest BCUT2D eigenvalue weighted by Crippen LogP contribution is 2.36. The molecule has 6 rings (SSSR count). The standard InChI is InChI=1S/C30H53F2N7O2/c1-20-17-23(5-8-25(20)29(40)37-14-9-21(10-15-37)19-38-13-2-11-35-38)36-27-28-34-18-26(39(28)16-12-33-27)22-3-6-24(7-4-22)41-30(31)32/h20-28,30,33-36H,2-19H2,1H3. The highest BCUT2D eigenvalue weighted by molar-refractivity contribution is 5.79. The van der Waals surface area contributed by atoms with Crippen molar-refractivity contribution in [2.45, 2.75) is 108 Å². The van der Waals surface area contributed by atoms with Gasteiger partial charge in [-0.15, -0.1) is 0 Å². The van der Waals surface area contributed by atoms with Gasteiger partial charge in [-0.1, -0.05) is 6.92 Å². The minimum absolute atomic E-state index is 0.152. The van der Waals surface area contributed by atoms with Crippen LogP contribution in [0.1, 0.15) is 71.1 Å². The molecule has 0 aromatic heterocycles. The van der Waals surface area contributed by atoms with Gasteiger partial charge in [0.05, 0.1) is 18.4 Å². The van der Waals surface area contributed by atoms with E-state index in [9.17, 15) is 13.6 Å². The van der Waals surface area contributed by atoms with Crippen molar-refractivity contribution in [2.24, 2.45) is 23.7 Å². The topological polar surface area (TPSA) is 84.1 Å². The van der Waals surface area contributed by atoms with Gasteiger partial charge in [-0.05, 0) is 82.0 Å². The van der Waals surface area contributed by atoms with Crippen molar-refractivity contribution in [3.8, 4) is 0 Å².